The molecule has 2 aromatic heterocycles. The highest BCUT2D eigenvalue weighted by atomic mass is 35.5. The lowest BCUT2D eigenvalue weighted by Gasteiger charge is -2.13. The van der Waals surface area contributed by atoms with Gasteiger partial charge in [0.1, 0.15) is 11.6 Å². The van der Waals surface area contributed by atoms with E-state index in [0.29, 0.717) is 34.3 Å². The van der Waals surface area contributed by atoms with Crippen LogP contribution in [0, 0.1) is 20.8 Å². The fraction of sp³-hybridized carbons (Fsp3) is 0.167. The molecule has 192 valence electrons. The van der Waals surface area contributed by atoms with Crippen molar-refractivity contribution in [1.82, 2.24) is 20.2 Å². The van der Waals surface area contributed by atoms with Crippen molar-refractivity contribution < 1.29 is 22.7 Å². The minimum absolute atomic E-state index is 0.0584. The van der Waals surface area contributed by atoms with Crippen LogP contribution in [0.1, 0.15) is 22.5 Å². The zero-order valence-corrected chi connectivity index (χ0v) is 20.5. The van der Waals surface area contributed by atoms with Gasteiger partial charge >= 0.3 is 18.2 Å². The number of anilines is 4. The Kier molecular flexibility index (Phi) is 7.21. The van der Waals surface area contributed by atoms with Crippen molar-refractivity contribution in [2.45, 2.75) is 26.9 Å². The number of aromatic amines is 1. The number of nitrogens with one attached hydrogen (secondary N) is 4. The third-order valence-electron chi connectivity index (χ3n) is 4.96. The van der Waals surface area contributed by atoms with Gasteiger partial charge in [-0.25, -0.2) is 9.78 Å². The van der Waals surface area contributed by atoms with Crippen LogP contribution in [0.15, 0.2) is 48.5 Å². The summed E-state index contributed by atoms with van der Waals surface area (Å²) in [5.41, 5.74) is 1.52. The highest BCUT2D eigenvalue weighted by Crippen LogP contribution is 2.36. The number of aryl methyl sites for hydroxylation is 3. The highest BCUT2D eigenvalue weighted by molar-refractivity contribution is 6.31. The first-order valence-corrected chi connectivity index (χ1v) is 11.2. The first-order valence-electron chi connectivity index (χ1n) is 10.8. The van der Waals surface area contributed by atoms with Crippen molar-refractivity contribution in [2.75, 3.05) is 16.0 Å². The van der Waals surface area contributed by atoms with Crippen LogP contribution in [-0.2, 0) is 6.18 Å². The van der Waals surface area contributed by atoms with E-state index in [2.05, 4.69) is 36.1 Å². The van der Waals surface area contributed by atoms with Gasteiger partial charge in [0.15, 0.2) is 5.82 Å². The molecule has 0 atom stereocenters. The summed E-state index contributed by atoms with van der Waals surface area (Å²) in [5.74, 6) is 1.54. The Bertz CT molecular complexity index is 1460. The number of hydrogen-bond acceptors (Lipinski definition) is 6. The number of aromatic nitrogens is 4. The fourth-order valence-corrected chi connectivity index (χ4v) is 3.54. The summed E-state index contributed by atoms with van der Waals surface area (Å²) in [5, 5.41) is 14.5. The van der Waals surface area contributed by atoms with Gasteiger partial charge in [-0.15, -0.1) is 0 Å². The number of rotatable bonds is 6. The van der Waals surface area contributed by atoms with Crippen LogP contribution in [0.2, 0.25) is 5.02 Å². The van der Waals surface area contributed by atoms with Gasteiger partial charge in [-0.1, -0.05) is 11.6 Å². The van der Waals surface area contributed by atoms with Crippen LogP contribution in [0.4, 0.5) is 41.0 Å². The van der Waals surface area contributed by atoms with Gasteiger partial charge < -0.3 is 20.7 Å². The van der Waals surface area contributed by atoms with E-state index in [0.717, 1.165) is 17.8 Å². The third-order valence-corrected chi connectivity index (χ3v) is 5.29. The van der Waals surface area contributed by atoms with Crippen LogP contribution in [0.3, 0.4) is 0 Å². The van der Waals surface area contributed by atoms with E-state index in [1.54, 1.807) is 38.1 Å². The van der Waals surface area contributed by atoms with E-state index in [1.807, 2.05) is 13.0 Å². The van der Waals surface area contributed by atoms with Crippen molar-refractivity contribution in [2.24, 2.45) is 0 Å². The molecule has 0 spiro atoms. The van der Waals surface area contributed by atoms with Gasteiger partial charge in [0.2, 0.25) is 0 Å². The summed E-state index contributed by atoms with van der Waals surface area (Å²) in [7, 11) is 0. The molecule has 0 fully saturated rings. The van der Waals surface area contributed by atoms with Gasteiger partial charge in [-0.05, 0) is 62.7 Å². The standard InChI is InChI=1S/C24H21ClF3N7O2/c1-12-8-15(30-22(36)31-16-4-6-18(25)17(11-16)24(26,27)28)5-7-19(12)37-23-29-13(2)9-20(33-23)32-21-10-14(3)34-35-21/h4-11H,1-3H3,(H2,30,31,36)(H2,29,32,33,34,35). The van der Waals surface area contributed by atoms with Crippen molar-refractivity contribution in [3.63, 3.8) is 0 Å². The first kappa shape index (κ1) is 25.8. The van der Waals surface area contributed by atoms with Crippen LogP contribution in [-0.4, -0.2) is 26.2 Å². The van der Waals surface area contributed by atoms with Crippen LogP contribution in [0.5, 0.6) is 11.8 Å². The van der Waals surface area contributed by atoms with Crippen LogP contribution < -0.4 is 20.7 Å². The number of urea groups is 1. The molecule has 9 nitrogen and oxygen atoms in total. The van der Waals surface area contributed by atoms with E-state index in [4.69, 9.17) is 16.3 Å². The van der Waals surface area contributed by atoms with Crippen molar-refractivity contribution in [3.8, 4) is 11.8 Å². The van der Waals surface area contributed by atoms with Crippen molar-refractivity contribution in [3.05, 3.63) is 76.1 Å². The Morgan fingerprint density at radius 1 is 0.946 bits per heavy atom. The molecule has 13 heteroatoms. The number of nitrogens with zero attached hydrogens (tertiary/aromatic N) is 3. The lowest BCUT2D eigenvalue weighted by molar-refractivity contribution is -0.137. The molecular weight excluding hydrogens is 511 g/mol. The maximum Gasteiger partial charge on any atom is 0.417 e. The Hall–Kier alpha value is -4.32. The number of halogens is 4. The molecule has 0 aliphatic carbocycles. The zero-order chi connectivity index (χ0) is 26.7. The molecule has 0 aliphatic heterocycles. The molecular formula is C24H21ClF3N7O2. The van der Waals surface area contributed by atoms with Gasteiger partial charge in [0.25, 0.3) is 0 Å². The number of carbonyl (C=O) groups excluding carboxylic acids is 1. The minimum atomic E-state index is -4.64. The number of H-pyrrole nitrogens is 1. The molecule has 4 N–H and O–H groups in total. The third kappa shape index (κ3) is 6.67. The van der Waals surface area contributed by atoms with Gasteiger partial charge in [-0.3, -0.25) is 5.10 Å². The second-order valence-electron chi connectivity index (χ2n) is 8.09. The van der Waals surface area contributed by atoms with E-state index in [1.165, 1.54) is 6.07 Å². The summed E-state index contributed by atoms with van der Waals surface area (Å²) in [6.45, 7) is 5.44. The summed E-state index contributed by atoms with van der Waals surface area (Å²) in [4.78, 5) is 21.0. The van der Waals surface area contributed by atoms with E-state index >= 15 is 0 Å². The molecule has 0 radical (unpaired) electrons. The van der Waals surface area contributed by atoms with Gasteiger partial charge in [0, 0.05) is 34.9 Å². The molecule has 2 aromatic carbocycles. The van der Waals surface area contributed by atoms with Crippen LogP contribution >= 0.6 is 11.6 Å². The molecule has 4 aromatic rings. The average Bonchev–Trinajstić information content (AvgIpc) is 3.20. The minimum Gasteiger partial charge on any atom is -0.424 e. The predicted molar refractivity (Wildman–Crippen MR) is 134 cm³/mol. The summed E-state index contributed by atoms with van der Waals surface area (Å²) >= 11 is 5.62. The average molecular weight is 532 g/mol. The summed E-state index contributed by atoms with van der Waals surface area (Å²) in [6.07, 6.45) is -4.64. The highest BCUT2D eigenvalue weighted by Gasteiger charge is 2.33. The largest absolute Gasteiger partial charge is 0.424 e. The van der Waals surface area contributed by atoms with E-state index < -0.39 is 22.8 Å². The molecule has 0 saturated carbocycles. The zero-order valence-electron chi connectivity index (χ0n) is 19.8. The number of alkyl halides is 3. The summed E-state index contributed by atoms with van der Waals surface area (Å²) in [6, 6.07) is 10.9. The monoisotopic (exact) mass is 531 g/mol. The fourth-order valence-electron chi connectivity index (χ4n) is 3.32. The van der Waals surface area contributed by atoms with Crippen LogP contribution in [0.25, 0.3) is 0 Å². The topological polar surface area (TPSA) is 117 Å². The lowest BCUT2D eigenvalue weighted by atomic mass is 10.2. The molecule has 0 saturated heterocycles. The maximum atomic E-state index is 13.1. The summed E-state index contributed by atoms with van der Waals surface area (Å²) < 4.78 is 45.0. The molecule has 37 heavy (non-hydrogen) atoms. The smallest absolute Gasteiger partial charge is 0.417 e. The van der Waals surface area contributed by atoms with E-state index in [-0.39, 0.29) is 11.7 Å². The number of amides is 2. The Labute approximate surface area is 214 Å². The maximum absolute atomic E-state index is 13.1. The van der Waals surface area contributed by atoms with Crippen molar-refractivity contribution in [1.29, 1.82) is 0 Å². The quantitative estimate of drug-likeness (QED) is 0.213. The van der Waals surface area contributed by atoms with Crippen molar-refractivity contribution >= 4 is 40.6 Å². The molecule has 0 unspecified atom stereocenters. The predicted octanol–water partition coefficient (Wildman–Crippen LogP) is 6.98. The molecule has 2 amide bonds. The van der Waals surface area contributed by atoms with E-state index in [9.17, 15) is 18.0 Å². The van der Waals surface area contributed by atoms with Gasteiger partial charge in [0.05, 0.1) is 10.6 Å². The number of ether oxygens (including phenoxy) is 1. The first-order chi connectivity index (χ1) is 17.5. The number of hydrogen-bond donors (Lipinski definition) is 4. The molecule has 4 rings (SSSR count). The second-order valence-corrected chi connectivity index (χ2v) is 8.50. The number of carbonyl (C=O) groups is 1. The SMILES string of the molecule is Cc1cc(Nc2cc(C)[nH]n2)nc(Oc2ccc(NC(=O)Nc3ccc(Cl)c(C(F)(F)F)c3)cc2C)n1. The van der Waals surface area contributed by atoms with Gasteiger partial charge in [-0.2, -0.15) is 23.3 Å². The molecule has 0 bridgehead atoms. The molecule has 0 aliphatic rings. The normalized spacial score (nSPS) is 11.2. The second kappa shape index (κ2) is 10.3. The lowest BCUT2D eigenvalue weighted by Crippen LogP contribution is -2.20. The molecule has 2 heterocycles. The Morgan fingerprint density at radius 2 is 1.65 bits per heavy atom. The Balaban J connectivity index is 1.43. The number of benzene rings is 2. The Morgan fingerprint density at radius 3 is 2.30 bits per heavy atom.